The SMILES string of the molecule is c1ccc(CNc2nc3ccccc3n2-c2ncnc(Nc3cccc(Cn4ccnn4)c3)n2)nc1. The number of pyridine rings is 1. The van der Waals surface area contributed by atoms with Crippen LogP contribution in [0.3, 0.4) is 0 Å². The Hall–Kier alpha value is -5.19. The summed E-state index contributed by atoms with van der Waals surface area (Å²) in [6.07, 6.45) is 6.74. The molecule has 0 aliphatic carbocycles. The normalized spacial score (nSPS) is 11.0. The van der Waals surface area contributed by atoms with Gasteiger partial charge in [0.05, 0.1) is 36.0 Å². The predicted octanol–water partition coefficient (Wildman–Crippen LogP) is 3.60. The summed E-state index contributed by atoms with van der Waals surface area (Å²) in [5.74, 6) is 1.49. The van der Waals surface area contributed by atoms with Crippen molar-refractivity contribution in [2.75, 3.05) is 10.6 Å². The van der Waals surface area contributed by atoms with Crippen LogP contribution >= 0.6 is 0 Å². The number of aromatic nitrogens is 9. The summed E-state index contributed by atoms with van der Waals surface area (Å²) in [6, 6.07) is 21.7. The van der Waals surface area contributed by atoms with E-state index in [-0.39, 0.29) is 0 Å². The molecule has 0 bridgehead atoms. The van der Waals surface area contributed by atoms with E-state index in [2.05, 4.69) is 40.9 Å². The summed E-state index contributed by atoms with van der Waals surface area (Å²) in [6.45, 7) is 1.13. The molecule has 0 spiro atoms. The standard InChI is InChI=1S/C25H21N11/c1-2-10-22-21(9-1)32-24(27-15-20-7-3-4-11-26-20)36(22)25-29-17-28-23(33-25)31-19-8-5-6-18(14-19)16-35-13-12-30-34-35/h1-14,17H,15-16H2,(H,27,32)(H,28,29,31,33). The van der Waals surface area contributed by atoms with Crippen molar-refractivity contribution in [2.45, 2.75) is 13.1 Å². The van der Waals surface area contributed by atoms with Gasteiger partial charge in [-0.05, 0) is 42.0 Å². The number of fused-ring (bicyclic) bond motifs is 1. The maximum atomic E-state index is 4.75. The lowest BCUT2D eigenvalue weighted by atomic mass is 10.2. The minimum atomic E-state index is 0.423. The Bertz CT molecular complexity index is 1590. The van der Waals surface area contributed by atoms with Gasteiger partial charge >= 0.3 is 0 Å². The van der Waals surface area contributed by atoms with E-state index in [4.69, 9.17) is 4.98 Å². The van der Waals surface area contributed by atoms with Gasteiger partial charge in [-0.1, -0.05) is 35.5 Å². The van der Waals surface area contributed by atoms with Crippen molar-refractivity contribution in [3.8, 4) is 5.95 Å². The van der Waals surface area contributed by atoms with Gasteiger partial charge in [-0.3, -0.25) is 4.98 Å². The molecule has 0 fully saturated rings. The summed E-state index contributed by atoms with van der Waals surface area (Å²) in [5, 5.41) is 14.5. The van der Waals surface area contributed by atoms with Crippen LogP contribution in [0.1, 0.15) is 11.3 Å². The average Bonchev–Trinajstić information content (AvgIpc) is 3.56. The van der Waals surface area contributed by atoms with Gasteiger partial charge in [-0.25, -0.2) is 24.2 Å². The summed E-state index contributed by atoms with van der Waals surface area (Å²) in [4.78, 5) is 22.6. The molecule has 4 heterocycles. The molecule has 0 unspecified atom stereocenters. The van der Waals surface area contributed by atoms with E-state index in [1.54, 1.807) is 17.1 Å². The third-order valence-electron chi connectivity index (χ3n) is 5.47. The van der Waals surface area contributed by atoms with Crippen molar-refractivity contribution >= 4 is 28.6 Å². The Labute approximate surface area is 205 Å². The van der Waals surface area contributed by atoms with Crippen LogP contribution in [0.15, 0.2) is 91.6 Å². The number of benzene rings is 2. The number of imidazole rings is 1. The molecular formula is C25H21N11. The molecule has 2 aromatic carbocycles. The second-order valence-electron chi connectivity index (χ2n) is 7.97. The third-order valence-corrected chi connectivity index (χ3v) is 5.47. The first-order valence-corrected chi connectivity index (χ1v) is 11.3. The molecule has 4 aromatic heterocycles. The van der Waals surface area contributed by atoms with E-state index in [9.17, 15) is 0 Å². The predicted molar refractivity (Wildman–Crippen MR) is 135 cm³/mol. The molecule has 0 aliphatic rings. The largest absolute Gasteiger partial charge is 0.350 e. The molecule has 0 atom stereocenters. The van der Waals surface area contributed by atoms with Crippen LogP contribution in [0.25, 0.3) is 17.0 Å². The van der Waals surface area contributed by atoms with Crippen molar-refractivity contribution in [3.05, 3.63) is 103 Å². The molecule has 0 saturated carbocycles. The van der Waals surface area contributed by atoms with Crippen LogP contribution in [0.2, 0.25) is 0 Å². The molecule has 176 valence electrons. The van der Waals surface area contributed by atoms with Gasteiger partial charge in [0.1, 0.15) is 6.33 Å². The molecule has 0 saturated heterocycles. The molecule has 6 aromatic rings. The lowest BCUT2D eigenvalue weighted by Gasteiger charge is -2.11. The third kappa shape index (κ3) is 4.57. The number of nitrogens with zero attached hydrogens (tertiary/aromatic N) is 9. The maximum Gasteiger partial charge on any atom is 0.241 e. The monoisotopic (exact) mass is 475 g/mol. The van der Waals surface area contributed by atoms with Crippen LogP contribution in [-0.4, -0.2) is 44.5 Å². The molecule has 0 aliphatic heterocycles. The van der Waals surface area contributed by atoms with Gasteiger partial charge in [-0.2, -0.15) is 4.98 Å². The smallest absolute Gasteiger partial charge is 0.241 e. The van der Waals surface area contributed by atoms with Gasteiger partial charge in [-0.15, -0.1) is 5.10 Å². The van der Waals surface area contributed by atoms with Crippen molar-refractivity contribution < 1.29 is 0 Å². The lowest BCUT2D eigenvalue weighted by Crippen LogP contribution is -2.11. The number of anilines is 3. The zero-order chi connectivity index (χ0) is 24.2. The van der Waals surface area contributed by atoms with Crippen molar-refractivity contribution in [1.82, 2.24) is 44.5 Å². The van der Waals surface area contributed by atoms with Crippen LogP contribution in [0.5, 0.6) is 0 Å². The highest BCUT2D eigenvalue weighted by Gasteiger charge is 2.15. The summed E-state index contributed by atoms with van der Waals surface area (Å²) < 4.78 is 3.65. The van der Waals surface area contributed by atoms with E-state index < -0.39 is 0 Å². The van der Waals surface area contributed by atoms with Crippen LogP contribution in [0, 0.1) is 0 Å². The Kier molecular flexibility index (Phi) is 5.68. The van der Waals surface area contributed by atoms with Gasteiger partial charge in [0, 0.05) is 18.1 Å². The Balaban J connectivity index is 1.29. The fraction of sp³-hybridized carbons (Fsp3) is 0.0800. The summed E-state index contributed by atoms with van der Waals surface area (Å²) >= 11 is 0. The first-order valence-electron chi connectivity index (χ1n) is 11.3. The molecule has 0 amide bonds. The van der Waals surface area contributed by atoms with Gasteiger partial charge in [0.2, 0.25) is 17.8 Å². The maximum absolute atomic E-state index is 4.75. The summed E-state index contributed by atoms with van der Waals surface area (Å²) in [5.41, 5.74) is 4.54. The zero-order valence-corrected chi connectivity index (χ0v) is 19.1. The first kappa shape index (κ1) is 21.4. The highest BCUT2D eigenvalue weighted by molar-refractivity contribution is 5.80. The highest BCUT2D eigenvalue weighted by atomic mass is 15.4. The molecule has 11 heteroatoms. The van der Waals surface area contributed by atoms with E-state index in [1.165, 1.54) is 6.33 Å². The minimum Gasteiger partial charge on any atom is -0.350 e. The average molecular weight is 476 g/mol. The number of nitrogens with one attached hydrogen (secondary N) is 2. The van der Waals surface area contributed by atoms with Crippen molar-refractivity contribution in [2.24, 2.45) is 0 Å². The quantitative estimate of drug-likeness (QED) is 0.340. The second kappa shape index (κ2) is 9.58. The van der Waals surface area contributed by atoms with Crippen molar-refractivity contribution in [3.63, 3.8) is 0 Å². The van der Waals surface area contributed by atoms with Crippen LogP contribution in [0.4, 0.5) is 17.6 Å². The van der Waals surface area contributed by atoms with Crippen molar-refractivity contribution in [1.29, 1.82) is 0 Å². The number of rotatable bonds is 8. The van der Waals surface area contributed by atoms with Gasteiger partial charge in [0.25, 0.3) is 0 Å². The fourth-order valence-corrected chi connectivity index (χ4v) is 3.86. The molecule has 36 heavy (non-hydrogen) atoms. The number of hydrogen-bond donors (Lipinski definition) is 2. The molecule has 11 nitrogen and oxygen atoms in total. The fourth-order valence-electron chi connectivity index (χ4n) is 3.86. The highest BCUT2D eigenvalue weighted by Crippen LogP contribution is 2.24. The molecule has 6 rings (SSSR count). The number of hydrogen-bond acceptors (Lipinski definition) is 9. The first-order chi connectivity index (χ1) is 17.8. The van der Waals surface area contributed by atoms with Gasteiger partial charge in [0.15, 0.2) is 0 Å². The zero-order valence-electron chi connectivity index (χ0n) is 19.1. The molecule has 0 radical (unpaired) electrons. The summed E-state index contributed by atoms with van der Waals surface area (Å²) in [7, 11) is 0. The van der Waals surface area contributed by atoms with Gasteiger partial charge < -0.3 is 10.6 Å². The van der Waals surface area contributed by atoms with E-state index in [0.29, 0.717) is 30.9 Å². The lowest BCUT2D eigenvalue weighted by molar-refractivity contribution is 0.650. The second-order valence-corrected chi connectivity index (χ2v) is 7.97. The van der Waals surface area contributed by atoms with Crippen LogP contribution < -0.4 is 10.6 Å². The Morgan fingerprint density at radius 2 is 1.78 bits per heavy atom. The topological polar surface area (TPSA) is 124 Å². The molecule has 2 N–H and O–H groups in total. The van der Waals surface area contributed by atoms with Crippen LogP contribution in [-0.2, 0) is 13.1 Å². The minimum absolute atomic E-state index is 0.423. The van der Waals surface area contributed by atoms with E-state index in [0.717, 1.165) is 28.0 Å². The van der Waals surface area contributed by atoms with E-state index in [1.807, 2.05) is 77.5 Å². The Morgan fingerprint density at radius 3 is 2.67 bits per heavy atom. The number of para-hydroxylation sites is 2. The molecular weight excluding hydrogens is 454 g/mol. The Morgan fingerprint density at radius 1 is 0.833 bits per heavy atom. The van der Waals surface area contributed by atoms with E-state index >= 15 is 0 Å².